The lowest BCUT2D eigenvalue weighted by Crippen LogP contribution is -2.20. The van der Waals surface area contributed by atoms with Gasteiger partial charge in [0.25, 0.3) is 11.5 Å². The van der Waals surface area contributed by atoms with Gasteiger partial charge in [0.05, 0.1) is 29.4 Å². The van der Waals surface area contributed by atoms with Gasteiger partial charge < -0.3 is 4.42 Å². The summed E-state index contributed by atoms with van der Waals surface area (Å²) < 4.78 is 8.35. The summed E-state index contributed by atoms with van der Waals surface area (Å²) in [6.45, 7) is 3.43. The summed E-state index contributed by atoms with van der Waals surface area (Å²) in [7, 11) is 1.77. The molecule has 2 aromatic heterocycles. The molecule has 1 N–H and O–H groups in total. The minimum absolute atomic E-state index is 0.132. The van der Waals surface area contributed by atoms with Gasteiger partial charge in [0.2, 0.25) is 0 Å². The van der Waals surface area contributed by atoms with Gasteiger partial charge in [-0.25, -0.2) is 10.1 Å². The summed E-state index contributed by atoms with van der Waals surface area (Å²) in [5.74, 6) is 0.152. The first-order chi connectivity index (χ1) is 12.0. The molecule has 128 valence electrons. The number of aryl methyl sites for hydroxylation is 1. The second-order valence-electron chi connectivity index (χ2n) is 5.58. The number of nitrogens with one attached hydrogen (secondary N) is 1. The molecule has 0 radical (unpaired) electrons. The SMILES string of the molecule is Cc1occc1C(=O)N/N=C\c1c(C)c(=O)n(-c2ccccc2)n1C. The number of benzene rings is 1. The molecular weight excluding hydrogens is 320 g/mol. The van der Waals surface area contributed by atoms with Crippen molar-refractivity contribution in [1.29, 1.82) is 0 Å². The Bertz CT molecular complexity index is 993. The van der Waals surface area contributed by atoms with Crippen LogP contribution in [0.1, 0.15) is 27.4 Å². The van der Waals surface area contributed by atoms with Gasteiger partial charge in [-0.2, -0.15) is 5.10 Å². The van der Waals surface area contributed by atoms with E-state index in [1.165, 1.54) is 12.5 Å². The number of aromatic nitrogens is 2. The minimum atomic E-state index is -0.368. The Morgan fingerprint density at radius 2 is 1.92 bits per heavy atom. The molecular formula is C18H18N4O3. The molecule has 0 aliphatic carbocycles. The van der Waals surface area contributed by atoms with Crippen LogP contribution in [0, 0.1) is 13.8 Å². The Labute approximate surface area is 144 Å². The molecule has 3 rings (SSSR count). The first-order valence-electron chi connectivity index (χ1n) is 7.72. The smallest absolute Gasteiger partial charge is 0.274 e. The molecule has 0 aliphatic heterocycles. The van der Waals surface area contributed by atoms with E-state index >= 15 is 0 Å². The summed E-state index contributed by atoms with van der Waals surface area (Å²) >= 11 is 0. The van der Waals surface area contributed by atoms with E-state index in [0.717, 1.165) is 5.69 Å². The van der Waals surface area contributed by atoms with Gasteiger partial charge in [-0.1, -0.05) is 18.2 Å². The van der Waals surface area contributed by atoms with Crippen LogP contribution in [0.25, 0.3) is 5.69 Å². The molecule has 0 bridgehead atoms. The number of rotatable bonds is 4. The second-order valence-corrected chi connectivity index (χ2v) is 5.58. The number of carbonyl (C=O) groups excluding carboxylic acids is 1. The average Bonchev–Trinajstić information content (AvgIpc) is 3.12. The van der Waals surface area contributed by atoms with E-state index in [4.69, 9.17) is 4.42 Å². The van der Waals surface area contributed by atoms with E-state index < -0.39 is 0 Å². The Balaban J connectivity index is 1.88. The number of carbonyl (C=O) groups is 1. The van der Waals surface area contributed by atoms with Crippen LogP contribution in [0.3, 0.4) is 0 Å². The van der Waals surface area contributed by atoms with Gasteiger partial charge in [-0.15, -0.1) is 0 Å². The van der Waals surface area contributed by atoms with Crippen molar-refractivity contribution in [3.05, 3.63) is 75.6 Å². The molecule has 2 heterocycles. The number of hydrogen-bond donors (Lipinski definition) is 1. The van der Waals surface area contributed by atoms with Crippen molar-refractivity contribution in [3.63, 3.8) is 0 Å². The van der Waals surface area contributed by atoms with Crippen molar-refractivity contribution in [3.8, 4) is 5.69 Å². The highest BCUT2D eigenvalue weighted by Crippen LogP contribution is 2.09. The normalized spacial score (nSPS) is 11.2. The van der Waals surface area contributed by atoms with E-state index in [-0.39, 0.29) is 11.5 Å². The second kappa shape index (κ2) is 6.64. The largest absolute Gasteiger partial charge is 0.469 e. The van der Waals surface area contributed by atoms with E-state index in [0.29, 0.717) is 22.6 Å². The van der Waals surface area contributed by atoms with E-state index in [1.807, 2.05) is 30.3 Å². The highest BCUT2D eigenvalue weighted by molar-refractivity contribution is 5.95. The van der Waals surface area contributed by atoms with E-state index in [9.17, 15) is 9.59 Å². The Kier molecular flexibility index (Phi) is 4.38. The van der Waals surface area contributed by atoms with E-state index in [2.05, 4.69) is 10.5 Å². The van der Waals surface area contributed by atoms with Crippen LogP contribution in [-0.4, -0.2) is 21.5 Å². The predicted octanol–water partition coefficient (Wildman–Crippen LogP) is 2.15. The maximum absolute atomic E-state index is 12.5. The molecule has 0 spiro atoms. The minimum Gasteiger partial charge on any atom is -0.469 e. The Hall–Kier alpha value is -3.35. The average molecular weight is 338 g/mol. The summed E-state index contributed by atoms with van der Waals surface area (Å²) in [5, 5.41) is 3.97. The monoisotopic (exact) mass is 338 g/mol. The van der Waals surface area contributed by atoms with Crippen LogP contribution in [0.4, 0.5) is 0 Å². The zero-order valence-corrected chi connectivity index (χ0v) is 14.2. The summed E-state index contributed by atoms with van der Waals surface area (Å²) in [4.78, 5) is 24.5. The Morgan fingerprint density at radius 1 is 1.20 bits per heavy atom. The van der Waals surface area contributed by atoms with Crippen LogP contribution in [0.15, 0.2) is 57.0 Å². The molecule has 3 aromatic rings. The van der Waals surface area contributed by atoms with Crippen LogP contribution >= 0.6 is 0 Å². The highest BCUT2D eigenvalue weighted by Gasteiger charge is 2.14. The van der Waals surface area contributed by atoms with Gasteiger partial charge in [-0.05, 0) is 32.0 Å². The third-order valence-corrected chi connectivity index (χ3v) is 4.00. The Morgan fingerprint density at radius 3 is 2.56 bits per heavy atom. The van der Waals surface area contributed by atoms with Crippen molar-refractivity contribution >= 4 is 12.1 Å². The summed E-state index contributed by atoms with van der Waals surface area (Å²) in [6.07, 6.45) is 2.91. The molecule has 0 atom stereocenters. The molecule has 0 unspecified atom stereocenters. The van der Waals surface area contributed by atoms with Crippen molar-refractivity contribution in [2.24, 2.45) is 12.1 Å². The third-order valence-electron chi connectivity index (χ3n) is 4.00. The van der Waals surface area contributed by atoms with Gasteiger partial charge in [-0.3, -0.25) is 14.3 Å². The summed E-state index contributed by atoms with van der Waals surface area (Å²) in [5.41, 5.74) is 4.65. The van der Waals surface area contributed by atoms with Crippen molar-refractivity contribution < 1.29 is 9.21 Å². The zero-order valence-electron chi connectivity index (χ0n) is 14.2. The van der Waals surface area contributed by atoms with Crippen LogP contribution in [0.5, 0.6) is 0 Å². The van der Waals surface area contributed by atoms with Crippen LogP contribution in [-0.2, 0) is 7.05 Å². The van der Waals surface area contributed by atoms with Gasteiger partial charge in [0.1, 0.15) is 5.76 Å². The molecule has 7 nitrogen and oxygen atoms in total. The molecule has 0 saturated carbocycles. The fourth-order valence-electron chi connectivity index (χ4n) is 2.63. The van der Waals surface area contributed by atoms with Crippen LogP contribution < -0.4 is 11.0 Å². The fourth-order valence-corrected chi connectivity index (χ4v) is 2.63. The number of nitrogens with zero attached hydrogens (tertiary/aromatic N) is 3. The predicted molar refractivity (Wildman–Crippen MR) is 94.3 cm³/mol. The maximum atomic E-state index is 12.5. The molecule has 7 heteroatoms. The number of furan rings is 1. The van der Waals surface area contributed by atoms with Crippen molar-refractivity contribution in [2.75, 3.05) is 0 Å². The lowest BCUT2D eigenvalue weighted by molar-refractivity contribution is 0.0953. The lowest BCUT2D eigenvalue weighted by atomic mass is 10.2. The highest BCUT2D eigenvalue weighted by atomic mass is 16.3. The molecule has 25 heavy (non-hydrogen) atoms. The third kappa shape index (κ3) is 3.03. The maximum Gasteiger partial charge on any atom is 0.274 e. The number of hydrazone groups is 1. The molecule has 0 aliphatic rings. The van der Waals surface area contributed by atoms with Crippen molar-refractivity contribution in [2.45, 2.75) is 13.8 Å². The standard InChI is InChI=1S/C18H18N4O3/c1-12-16(11-19-20-17(23)15-9-10-25-13(15)2)21(3)22(18(12)24)14-7-5-4-6-8-14/h4-11H,1-3H3,(H,20,23)/b19-11-. The first kappa shape index (κ1) is 16.5. The quantitative estimate of drug-likeness (QED) is 0.584. The summed E-state index contributed by atoms with van der Waals surface area (Å²) in [6, 6.07) is 10.9. The number of hydrogen-bond acceptors (Lipinski definition) is 4. The van der Waals surface area contributed by atoms with Gasteiger partial charge >= 0.3 is 0 Å². The molecule has 0 saturated heterocycles. The lowest BCUT2D eigenvalue weighted by Gasteiger charge is -2.07. The van der Waals surface area contributed by atoms with Gasteiger partial charge in [0.15, 0.2) is 0 Å². The zero-order chi connectivity index (χ0) is 18.0. The van der Waals surface area contributed by atoms with Crippen LogP contribution in [0.2, 0.25) is 0 Å². The fraction of sp³-hybridized carbons (Fsp3) is 0.167. The van der Waals surface area contributed by atoms with E-state index in [1.54, 1.807) is 36.3 Å². The van der Waals surface area contributed by atoms with Gasteiger partial charge in [0, 0.05) is 12.6 Å². The first-order valence-corrected chi connectivity index (χ1v) is 7.72. The topological polar surface area (TPSA) is 81.5 Å². The number of amides is 1. The molecule has 1 aromatic carbocycles. The molecule has 0 fully saturated rings. The number of para-hydroxylation sites is 1. The molecule has 1 amide bonds. The van der Waals surface area contributed by atoms with Crippen molar-refractivity contribution in [1.82, 2.24) is 14.8 Å².